The van der Waals surface area contributed by atoms with E-state index in [9.17, 15) is 9.59 Å². The third-order valence-electron chi connectivity index (χ3n) is 4.14. The summed E-state index contributed by atoms with van der Waals surface area (Å²) in [7, 11) is 3.79. The molecule has 1 aromatic carbocycles. The largest absolute Gasteiger partial charge is 0.493 e. The van der Waals surface area contributed by atoms with E-state index < -0.39 is 6.04 Å². The maximum absolute atomic E-state index is 12.8. The Hall–Kier alpha value is -3.09. The molecule has 0 aliphatic carbocycles. The van der Waals surface area contributed by atoms with Crippen LogP contribution in [0.3, 0.4) is 0 Å². The van der Waals surface area contributed by atoms with Gasteiger partial charge in [-0.05, 0) is 37.1 Å². The summed E-state index contributed by atoms with van der Waals surface area (Å²) in [6, 6.07) is 9.88. The van der Waals surface area contributed by atoms with Crippen LogP contribution in [0, 0.1) is 5.92 Å². The molecule has 2 amide bonds. The van der Waals surface area contributed by atoms with Crippen molar-refractivity contribution in [2.45, 2.75) is 26.8 Å². The van der Waals surface area contributed by atoms with Crippen molar-refractivity contribution in [1.29, 1.82) is 0 Å². The summed E-state index contributed by atoms with van der Waals surface area (Å²) < 4.78 is 5.51. The monoisotopic (exact) mass is 384 g/mol. The molecule has 0 unspecified atom stereocenters. The molecule has 7 heteroatoms. The van der Waals surface area contributed by atoms with Gasteiger partial charge in [0.2, 0.25) is 5.91 Å². The molecule has 2 N–H and O–H groups in total. The maximum atomic E-state index is 12.8. The molecular weight excluding hydrogens is 356 g/mol. The zero-order chi connectivity index (χ0) is 20.7. The van der Waals surface area contributed by atoms with Crippen LogP contribution in [0.2, 0.25) is 0 Å². The summed E-state index contributed by atoms with van der Waals surface area (Å²) >= 11 is 0. The number of amides is 2. The van der Waals surface area contributed by atoms with E-state index in [4.69, 9.17) is 4.74 Å². The van der Waals surface area contributed by atoms with Crippen LogP contribution in [0.1, 0.15) is 31.1 Å². The predicted molar refractivity (Wildman–Crippen MR) is 111 cm³/mol. The molecule has 1 atom stereocenters. The average molecular weight is 384 g/mol. The third-order valence-corrected chi connectivity index (χ3v) is 4.14. The van der Waals surface area contributed by atoms with Crippen molar-refractivity contribution in [3.63, 3.8) is 0 Å². The quantitative estimate of drug-likeness (QED) is 0.731. The molecular formula is C21H28N4O3. The van der Waals surface area contributed by atoms with E-state index in [0.717, 1.165) is 5.82 Å². The molecule has 0 bridgehead atoms. The Balaban J connectivity index is 2.12. The second-order valence-electron chi connectivity index (χ2n) is 6.91. The molecule has 1 aromatic heterocycles. The van der Waals surface area contributed by atoms with Crippen LogP contribution in [0.5, 0.6) is 5.75 Å². The second kappa shape index (κ2) is 9.73. The van der Waals surface area contributed by atoms with Gasteiger partial charge in [0.15, 0.2) is 0 Å². The fraction of sp³-hybridized carbons (Fsp3) is 0.381. The minimum absolute atomic E-state index is 0.0998. The van der Waals surface area contributed by atoms with E-state index in [1.807, 2.05) is 45.8 Å². The molecule has 150 valence electrons. The summed E-state index contributed by atoms with van der Waals surface area (Å²) in [6.07, 6.45) is 1.59. The minimum atomic E-state index is -0.698. The Bertz CT molecular complexity index is 804. The molecule has 7 nitrogen and oxygen atoms in total. The number of rotatable bonds is 8. The summed E-state index contributed by atoms with van der Waals surface area (Å²) in [5.74, 6) is 0.543. The molecule has 0 radical (unpaired) electrons. The zero-order valence-corrected chi connectivity index (χ0v) is 17.0. The number of anilines is 2. The Labute approximate surface area is 166 Å². The Kier molecular flexibility index (Phi) is 7.37. The van der Waals surface area contributed by atoms with Crippen molar-refractivity contribution in [3.8, 4) is 5.75 Å². The van der Waals surface area contributed by atoms with E-state index in [1.165, 1.54) is 0 Å². The van der Waals surface area contributed by atoms with Crippen molar-refractivity contribution in [1.82, 2.24) is 10.3 Å². The van der Waals surface area contributed by atoms with Gasteiger partial charge in [-0.2, -0.15) is 0 Å². The maximum Gasteiger partial charge on any atom is 0.255 e. The number of para-hydroxylation sites is 1. The summed E-state index contributed by atoms with van der Waals surface area (Å²) in [6.45, 7) is 6.07. The van der Waals surface area contributed by atoms with Crippen LogP contribution in [0.15, 0.2) is 42.6 Å². The predicted octanol–water partition coefficient (Wildman–Crippen LogP) is 2.94. The van der Waals surface area contributed by atoms with Gasteiger partial charge in [-0.1, -0.05) is 26.0 Å². The first kappa shape index (κ1) is 21.2. The van der Waals surface area contributed by atoms with Gasteiger partial charge in [0.05, 0.1) is 24.1 Å². The van der Waals surface area contributed by atoms with Crippen LogP contribution in [-0.2, 0) is 4.79 Å². The van der Waals surface area contributed by atoms with Crippen LogP contribution in [-0.4, -0.2) is 43.5 Å². The lowest BCUT2D eigenvalue weighted by Gasteiger charge is -2.22. The van der Waals surface area contributed by atoms with Gasteiger partial charge >= 0.3 is 0 Å². The van der Waals surface area contributed by atoms with Gasteiger partial charge in [0, 0.05) is 14.1 Å². The molecule has 0 aliphatic rings. The fourth-order valence-corrected chi connectivity index (χ4v) is 2.63. The summed E-state index contributed by atoms with van der Waals surface area (Å²) in [4.78, 5) is 31.7. The Morgan fingerprint density at radius 1 is 1.14 bits per heavy atom. The van der Waals surface area contributed by atoms with E-state index >= 15 is 0 Å². The van der Waals surface area contributed by atoms with Gasteiger partial charge in [-0.15, -0.1) is 0 Å². The lowest BCUT2D eigenvalue weighted by Crippen LogP contribution is -2.47. The third kappa shape index (κ3) is 5.45. The summed E-state index contributed by atoms with van der Waals surface area (Å²) in [5, 5.41) is 5.64. The lowest BCUT2D eigenvalue weighted by molar-refractivity contribution is -0.118. The number of hydrogen-bond donors (Lipinski definition) is 2. The Morgan fingerprint density at radius 3 is 2.43 bits per heavy atom. The Morgan fingerprint density at radius 2 is 1.86 bits per heavy atom. The van der Waals surface area contributed by atoms with Crippen LogP contribution < -0.4 is 20.3 Å². The van der Waals surface area contributed by atoms with Gasteiger partial charge in [0.25, 0.3) is 5.91 Å². The van der Waals surface area contributed by atoms with Crippen molar-refractivity contribution in [2.75, 3.05) is 30.9 Å². The van der Waals surface area contributed by atoms with Crippen LogP contribution in [0.4, 0.5) is 11.5 Å². The number of aromatic nitrogens is 1. The van der Waals surface area contributed by atoms with Gasteiger partial charge < -0.3 is 20.3 Å². The van der Waals surface area contributed by atoms with Crippen LogP contribution in [0.25, 0.3) is 0 Å². The van der Waals surface area contributed by atoms with E-state index in [0.29, 0.717) is 23.6 Å². The zero-order valence-electron chi connectivity index (χ0n) is 17.0. The SMILES string of the molecule is CCOc1ccccc1C(=O)N[C@@H](C(=O)Nc1ccc(N(C)C)nc1)C(C)C. The molecule has 1 heterocycles. The number of nitrogens with one attached hydrogen (secondary N) is 2. The van der Waals surface area contributed by atoms with Gasteiger partial charge in [-0.25, -0.2) is 4.98 Å². The number of carbonyl (C=O) groups is 2. The molecule has 0 aliphatic heterocycles. The van der Waals surface area contributed by atoms with Gasteiger partial charge in [-0.3, -0.25) is 9.59 Å². The molecule has 28 heavy (non-hydrogen) atoms. The van der Waals surface area contributed by atoms with Crippen molar-refractivity contribution in [3.05, 3.63) is 48.2 Å². The standard InChI is InChI=1S/C21H28N4O3/c1-6-28-17-10-8-7-9-16(17)20(26)24-19(14(2)3)21(27)23-15-11-12-18(22-13-15)25(4)5/h7-14,19H,6H2,1-5H3,(H,23,27)(H,24,26)/t19-/m1/s1. The number of benzene rings is 1. The lowest BCUT2D eigenvalue weighted by atomic mass is 10.0. The molecule has 0 saturated heterocycles. The molecule has 0 saturated carbocycles. The average Bonchev–Trinajstić information content (AvgIpc) is 2.66. The normalized spacial score (nSPS) is 11.6. The first-order valence-corrected chi connectivity index (χ1v) is 9.30. The van der Waals surface area contributed by atoms with Crippen molar-refractivity contribution in [2.24, 2.45) is 5.92 Å². The topological polar surface area (TPSA) is 83.6 Å². The first-order chi connectivity index (χ1) is 13.3. The highest BCUT2D eigenvalue weighted by Gasteiger charge is 2.26. The number of pyridine rings is 1. The van der Waals surface area contributed by atoms with Crippen LogP contribution >= 0.6 is 0 Å². The molecule has 0 fully saturated rings. The number of hydrogen-bond acceptors (Lipinski definition) is 5. The number of ether oxygens (including phenoxy) is 1. The van der Waals surface area contributed by atoms with E-state index in [-0.39, 0.29) is 17.7 Å². The smallest absolute Gasteiger partial charge is 0.255 e. The first-order valence-electron chi connectivity index (χ1n) is 9.30. The fourth-order valence-electron chi connectivity index (χ4n) is 2.63. The second-order valence-corrected chi connectivity index (χ2v) is 6.91. The number of nitrogens with zero attached hydrogens (tertiary/aromatic N) is 2. The van der Waals surface area contributed by atoms with E-state index in [1.54, 1.807) is 36.5 Å². The highest BCUT2D eigenvalue weighted by atomic mass is 16.5. The molecule has 0 spiro atoms. The van der Waals surface area contributed by atoms with Crippen molar-refractivity contribution < 1.29 is 14.3 Å². The number of carbonyl (C=O) groups excluding carboxylic acids is 2. The molecule has 2 aromatic rings. The highest BCUT2D eigenvalue weighted by Crippen LogP contribution is 2.19. The van der Waals surface area contributed by atoms with Crippen molar-refractivity contribution >= 4 is 23.3 Å². The minimum Gasteiger partial charge on any atom is -0.493 e. The van der Waals surface area contributed by atoms with Gasteiger partial charge in [0.1, 0.15) is 17.6 Å². The highest BCUT2D eigenvalue weighted by molar-refractivity contribution is 6.02. The summed E-state index contributed by atoms with van der Waals surface area (Å²) in [5.41, 5.74) is 0.977. The molecule has 2 rings (SSSR count). The van der Waals surface area contributed by atoms with E-state index in [2.05, 4.69) is 15.6 Å².